The second kappa shape index (κ2) is 10.6. The van der Waals surface area contributed by atoms with Gasteiger partial charge >= 0.3 is 0 Å². The summed E-state index contributed by atoms with van der Waals surface area (Å²) in [6, 6.07) is 27.7. The minimum atomic E-state index is 0.0418. The van der Waals surface area contributed by atoms with Gasteiger partial charge in [-0.2, -0.15) is 0 Å². The van der Waals surface area contributed by atoms with Crippen LogP contribution in [0.3, 0.4) is 0 Å². The fourth-order valence-electron chi connectivity index (χ4n) is 6.03. The van der Waals surface area contributed by atoms with E-state index in [1.54, 1.807) is 0 Å². The first-order valence-corrected chi connectivity index (χ1v) is 14.8. The molecule has 1 aliphatic carbocycles. The highest BCUT2D eigenvalue weighted by Crippen LogP contribution is 2.61. The first kappa shape index (κ1) is 29.4. The van der Waals surface area contributed by atoms with Crippen LogP contribution in [0.2, 0.25) is 0 Å². The first-order chi connectivity index (χ1) is 19.7. The molecule has 1 heterocycles. The van der Waals surface area contributed by atoms with Gasteiger partial charge in [0.2, 0.25) is 0 Å². The molecular weight excluding hydrogens is 510 g/mol. The Morgan fingerprint density at radius 1 is 0.643 bits per heavy atom. The van der Waals surface area contributed by atoms with Gasteiger partial charge in [0.25, 0.3) is 0 Å². The fraction of sp³-hybridized carbons (Fsp3) is 0.308. The molecule has 0 spiro atoms. The largest absolute Gasteiger partial charge is 0.255 e. The molecule has 3 aromatic carbocycles. The number of aromatic nitrogens is 1. The van der Waals surface area contributed by atoms with Gasteiger partial charge in [0.15, 0.2) is 5.84 Å². The molecule has 5 rings (SSSR count). The Hall–Kier alpha value is -4.11. The predicted octanol–water partition coefficient (Wildman–Crippen LogP) is 9.89. The quantitative estimate of drug-likeness (QED) is 0.179. The lowest BCUT2D eigenvalue weighted by Gasteiger charge is -2.44. The van der Waals surface area contributed by atoms with Crippen molar-refractivity contribution in [2.24, 2.45) is 15.4 Å². The number of amidine groups is 1. The standard InChI is InChI=1S/C39H43N3/c1-25-11-15-29(16-12-25)27(3)41-36(42-28(4)30-17-13-26(2)14-18-30)32-20-22-35(40-24-32)31-19-21-33-34(23-31)38(7,8)39(9,10)37(33,5)6/h11-24H,3H2,1-2,4-10H3. The molecule has 42 heavy (non-hydrogen) atoms. The first-order valence-electron chi connectivity index (χ1n) is 14.8. The van der Waals surface area contributed by atoms with E-state index in [0.29, 0.717) is 11.5 Å². The van der Waals surface area contributed by atoms with Gasteiger partial charge in [0.1, 0.15) is 0 Å². The molecule has 1 aromatic heterocycles. The maximum Gasteiger partial charge on any atom is 0.161 e. The van der Waals surface area contributed by atoms with Crippen LogP contribution in [0, 0.1) is 19.3 Å². The number of benzene rings is 3. The Morgan fingerprint density at radius 2 is 1.19 bits per heavy atom. The second-order valence-electron chi connectivity index (χ2n) is 13.4. The highest BCUT2D eigenvalue weighted by Gasteiger charge is 2.56. The molecule has 0 atom stereocenters. The highest BCUT2D eigenvalue weighted by molar-refractivity contribution is 6.12. The molecule has 4 aromatic rings. The zero-order valence-corrected chi connectivity index (χ0v) is 26.6. The van der Waals surface area contributed by atoms with E-state index in [2.05, 4.69) is 141 Å². The maximum atomic E-state index is 5.00. The second-order valence-corrected chi connectivity index (χ2v) is 13.4. The van der Waals surface area contributed by atoms with Gasteiger partial charge in [-0.05, 0) is 77.5 Å². The van der Waals surface area contributed by atoms with E-state index in [4.69, 9.17) is 15.0 Å². The van der Waals surface area contributed by atoms with E-state index >= 15 is 0 Å². The fourth-order valence-corrected chi connectivity index (χ4v) is 6.03. The van der Waals surface area contributed by atoms with E-state index in [9.17, 15) is 0 Å². The molecule has 0 radical (unpaired) electrons. The van der Waals surface area contributed by atoms with Crippen molar-refractivity contribution in [3.63, 3.8) is 0 Å². The molecule has 0 unspecified atom stereocenters. The molecule has 214 valence electrons. The van der Waals surface area contributed by atoms with Crippen LogP contribution in [0.4, 0.5) is 0 Å². The summed E-state index contributed by atoms with van der Waals surface area (Å²) in [6.07, 6.45) is 1.88. The van der Waals surface area contributed by atoms with Crippen LogP contribution in [0.1, 0.15) is 87.4 Å². The molecule has 0 saturated carbocycles. The van der Waals surface area contributed by atoms with Gasteiger partial charge in [-0.1, -0.05) is 120 Å². The number of fused-ring (bicyclic) bond motifs is 1. The Bertz CT molecular complexity index is 1700. The van der Waals surface area contributed by atoms with E-state index < -0.39 is 0 Å². The van der Waals surface area contributed by atoms with E-state index in [1.807, 2.05) is 13.1 Å². The SMILES string of the molecule is C=C(N=C(N=C(C)c1ccc(C)cc1)c1ccc(-c2ccc3c(c2)C(C)(C)C(C)(C)C3(C)C)nc1)c1ccc(C)cc1. The summed E-state index contributed by atoms with van der Waals surface area (Å²) in [4.78, 5) is 14.8. The van der Waals surface area contributed by atoms with E-state index in [1.165, 1.54) is 22.3 Å². The molecule has 3 nitrogen and oxygen atoms in total. The predicted molar refractivity (Wildman–Crippen MR) is 180 cm³/mol. The van der Waals surface area contributed by atoms with Crippen molar-refractivity contribution >= 4 is 17.2 Å². The minimum absolute atomic E-state index is 0.0418. The number of rotatable bonds is 5. The van der Waals surface area contributed by atoms with Gasteiger partial charge < -0.3 is 0 Å². The van der Waals surface area contributed by atoms with Crippen LogP contribution in [-0.4, -0.2) is 16.5 Å². The Balaban J connectivity index is 1.53. The van der Waals surface area contributed by atoms with Gasteiger partial charge in [-0.25, -0.2) is 9.98 Å². The zero-order valence-electron chi connectivity index (χ0n) is 26.6. The molecule has 0 N–H and O–H groups in total. The Morgan fingerprint density at radius 3 is 1.76 bits per heavy atom. The van der Waals surface area contributed by atoms with Gasteiger partial charge in [0.05, 0.1) is 11.4 Å². The van der Waals surface area contributed by atoms with Gasteiger partial charge in [0, 0.05) is 23.0 Å². The lowest BCUT2D eigenvalue weighted by molar-refractivity contribution is 0.125. The molecule has 0 amide bonds. The van der Waals surface area contributed by atoms with Crippen molar-refractivity contribution in [2.45, 2.75) is 73.1 Å². The summed E-state index contributed by atoms with van der Waals surface area (Å²) in [6.45, 7) is 24.7. The van der Waals surface area contributed by atoms with Crippen LogP contribution in [0.15, 0.2) is 102 Å². The summed E-state index contributed by atoms with van der Waals surface area (Å²) in [5, 5.41) is 0. The molecule has 0 fully saturated rings. The van der Waals surface area contributed by atoms with Crippen LogP contribution in [-0.2, 0) is 10.8 Å². The van der Waals surface area contributed by atoms with Gasteiger partial charge in [-0.15, -0.1) is 0 Å². The van der Waals surface area contributed by atoms with Crippen molar-refractivity contribution in [2.75, 3.05) is 0 Å². The van der Waals surface area contributed by atoms with Crippen molar-refractivity contribution in [3.8, 4) is 11.3 Å². The molecule has 0 bridgehead atoms. The third-order valence-electron chi connectivity index (χ3n) is 10.2. The molecule has 0 saturated heterocycles. The van der Waals surface area contributed by atoms with Crippen molar-refractivity contribution in [3.05, 3.63) is 131 Å². The zero-order chi connectivity index (χ0) is 30.4. The third kappa shape index (κ3) is 5.06. The smallest absolute Gasteiger partial charge is 0.161 e. The number of pyridine rings is 1. The molecule has 3 heteroatoms. The number of aryl methyl sites for hydroxylation is 2. The number of aliphatic imine (C=N–C) groups is 2. The van der Waals surface area contributed by atoms with E-state index in [0.717, 1.165) is 33.7 Å². The molecular formula is C39H43N3. The number of hydrogen-bond donors (Lipinski definition) is 0. The van der Waals surface area contributed by atoms with Crippen molar-refractivity contribution in [1.82, 2.24) is 4.98 Å². The van der Waals surface area contributed by atoms with Crippen LogP contribution in [0.25, 0.3) is 17.0 Å². The molecule has 1 aliphatic rings. The third-order valence-corrected chi connectivity index (χ3v) is 10.2. The minimum Gasteiger partial charge on any atom is -0.255 e. The van der Waals surface area contributed by atoms with Crippen LogP contribution >= 0.6 is 0 Å². The average molecular weight is 554 g/mol. The summed E-state index contributed by atoms with van der Waals surface area (Å²) in [7, 11) is 0. The van der Waals surface area contributed by atoms with Crippen molar-refractivity contribution in [1.29, 1.82) is 0 Å². The monoisotopic (exact) mass is 553 g/mol. The topological polar surface area (TPSA) is 37.6 Å². The normalized spacial score (nSPS) is 17.2. The Kier molecular flexibility index (Phi) is 7.43. The number of hydrogen-bond acceptors (Lipinski definition) is 2. The molecule has 0 aliphatic heterocycles. The average Bonchev–Trinajstić information content (AvgIpc) is 3.07. The maximum absolute atomic E-state index is 5.00. The van der Waals surface area contributed by atoms with Crippen molar-refractivity contribution < 1.29 is 0 Å². The van der Waals surface area contributed by atoms with Crippen LogP contribution in [0.5, 0.6) is 0 Å². The number of nitrogens with zero attached hydrogens (tertiary/aromatic N) is 3. The highest BCUT2D eigenvalue weighted by atomic mass is 14.9. The summed E-state index contributed by atoms with van der Waals surface area (Å²) in [5.74, 6) is 0.594. The lowest BCUT2D eigenvalue weighted by Crippen LogP contribution is -2.42. The van der Waals surface area contributed by atoms with Gasteiger partial charge in [-0.3, -0.25) is 4.98 Å². The summed E-state index contributed by atoms with van der Waals surface area (Å²) in [5.41, 5.74) is 12.0. The summed E-state index contributed by atoms with van der Waals surface area (Å²) < 4.78 is 0. The lowest BCUT2D eigenvalue weighted by atomic mass is 9.59. The van der Waals surface area contributed by atoms with Crippen LogP contribution < -0.4 is 0 Å². The summed E-state index contributed by atoms with van der Waals surface area (Å²) >= 11 is 0. The Labute approximate surface area is 252 Å². The van der Waals surface area contributed by atoms with E-state index in [-0.39, 0.29) is 16.2 Å².